The van der Waals surface area contributed by atoms with Crippen molar-refractivity contribution in [3.05, 3.63) is 35.9 Å². The highest BCUT2D eigenvalue weighted by atomic mass is 16.2. The number of benzene rings is 1. The maximum absolute atomic E-state index is 12.3. The summed E-state index contributed by atoms with van der Waals surface area (Å²) in [5.74, 6) is 0.105. The SMILES string of the molecule is CC(=O)CN(CCCCCCN)C(=O)CCc1ccccc1. The number of amides is 1. The van der Waals surface area contributed by atoms with Crippen molar-refractivity contribution >= 4 is 11.7 Å². The lowest BCUT2D eigenvalue weighted by Crippen LogP contribution is -2.36. The van der Waals surface area contributed by atoms with Crippen LogP contribution in [0.1, 0.15) is 44.6 Å². The number of nitrogens with two attached hydrogens (primary N) is 1. The highest BCUT2D eigenvalue weighted by Gasteiger charge is 2.14. The molecule has 0 heterocycles. The Morgan fingerprint density at radius 2 is 1.73 bits per heavy atom. The Balaban J connectivity index is 2.40. The van der Waals surface area contributed by atoms with Gasteiger partial charge in [0.15, 0.2) is 0 Å². The van der Waals surface area contributed by atoms with Crippen LogP contribution in [0.3, 0.4) is 0 Å². The predicted octanol–water partition coefficient (Wildman–Crippen LogP) is 2.56. The molecule has 0 aliphatic carbocycles. The van der Waals surface area contributed by atoms with Crippen LogP contribution in [0.25, 0.3) is 0 Å². The molecule has 0 atom stereocenters. The van der Waals surface area contributed by atoms with Crippen LogP contribution in [0.5, 0.6) is 0 Å². The van der Waals surface area contributed by atoms with Crippen molar-refractivity contribution in [2.45, 2.75) is 45.4 Å². The van der Waals surface area contributed by atoms with Crippen molar-refractivity contribution in [3.8, 4) is 0 Å². The van der Waals surface area contributed by atoms with Crippen LogP contribution in [0.2, 0.25) is 0 Å². The number of rotatable bonds is 11. The van der Waals surface area contributed by atoms with Gasteiger partial charge in [-0.25, -0.2) is 0 Å². The van der Waals surface area contributed by atoms with E-state index in [1.54, 1.807) is 4.90 Å². The molecular formula is C18H28N2O2. The Morgan fingerprint density at radius 1 is 1.05 bits per heavy atom. The van der Waals surface area contributed by atoms with Gasteiger partial charge in [-0.05, 0) is 38.3 Å². The minimum Gasteiger partial charge on any atom is -0.335 e. The maximum Gasteiger partial charge on any atom is 0.223 e. The molecule has 0 bridgehead atoms. The van der Waals surface area contributed by atoms with E-state index in [-0.39, 0.29) is 18.2 Å². The first-order valence-corrected chi connectivity index (χ1v) is 8.14. The van der Waals surface area contributed by atoms with Gasteiger partial charge in [-0.3, -0.25) is 9.59 Å². The second-order valence-corrected chi connectivity index (χ2v) is 5.71. The van der Waals surface area contributed by atoms with Gasteiger partial charge in [0, 0.05) is 13.0 Å². The molecular weight excluding hydrogens is 276 g/mol. The van der Waals surface area contributed by atoms with Gasteiger partial charge in [0.05, 0.1) is 6.54 Å². The summed E-state index contributed by atoms with van der Waals surface area (Å²) in [6.45, 7) is 3.14. The molecule has 122 valence electrons. The summed E-state index contributed by atoms with van der Waals surface area (Å²) in [5.41, 5.74) is 6.62. The van der Waals surface area contributed by atoms with E-state index in [0.717, 1.165) is 37.7 Å². The van der Waals surface area contributed by atoms with E-state index < -0.39 is 0 Å². The number of hydrogen-bond acceptors (Lipinski definition) is 3. The van der Waals surface area contributed by atoms with E-state index in [1.165, 1.54) is 6.92 Å². The van der Waals surface area contributed by atoms with Crippen LogP contribution in [0.15, 0.2) is 30.3 Å². The van der Waals surface area contributed by atoms with Crippen molar-refractivity contribution < 1.29 is 9.59 Å². The molecule has 0 saturated heterocycles. The third-order valence-corrected chi connectivity index (χ3v) is 3.62. The van der Waals surface area contributed by atoms with Gasteiger partial charge in [-0.15, -0.1) is 0 Å². The normalized spacial score (nSPS) is 10.5. The van der Waals surface area contributed by atoms with Gasteiger partial charge in [-0.1, -0.05) is 43.2 Å². The molecule has 0 aliphatic rings. The molecule has 1 amide bonds. The van der Waals surface area contributed by atoms with E-state index in [0.29, 0.717) is 19.5 Å². The number of carbonyl (C=O) groups is 2. The van der Waals surface area contributed by atoms with Crippen molar-refractivity contribution in [2.24, 2.45) is 5.73 Å². The Kier molecular flexibility index (Phi) is 9.15. The van der Waals surface area contributed by atoms with Crippen LogP contribution >= 0.6 is 0 Å². The first-order chi connectivity index (χ1) is 10.6. The Hall–Kier alpha value is -1.68. The first kappa shape index (κ1) is 18.4. The lowest BCUT2D eigenvalue weighted by Gasteiger charge is -2.21. The second-order valence-electron chi connectivity index (χ2n) is 5.71. The summed E-state index contributed by atoms with van der Waals surface area (Å²) in [6, 6.07) is 9.97. The van der Waals surface area contributed by atoms with Crippen LogP contribution in [-0.4, -0.2) is 36.2 Å². The lowest BCUT2D eigenvalue weighted by atomic mass is 10.1. The minimum atomic E-state index is 0.0371. The average Bonchev–Trinajstić information content (AvgIpc) is 2.52. The van der Waals surface area contributed by atoms with Gasteiger partial charge in [-0.2, -0.15) is 0 Å². The summed E-state index contributed by atoms with van der Waals surface area (Å²) in [7, 11) is 0. The fraction of sp³-hybridized carbons (Fsp3) is 0.556. The van der Waals surface area contributed by atoms with E-state index >= 15 is 0 Å². The molecule has 1 rings (SSSR count). The molecule has 22 heavy (non-hydrogen) atoms. The maximum atomic E-state index is 12.3. The van der Waals surface area contributed by atoms with Crippen LogP contribution in [0.4, 0.5) is 0 Å². The summed E-state index contributed by atoms with van der Waals surface area (Å²) < 4.78 is 0. The largest absolute Gasteiger partial charge is 0.335 e. The van der Waals surface area contributed by atoms with Crippen molar-refractivity contribution in [2.75, 3.05) is 19.6 Å². The monoisotopic (exact) mass is 304 g/mol. The Morgan fingerprint density at radius 3 is 2.36 bits per heavy atom. The summed E-state index contributed by atoms with van der Waals surface area (Å²) >= 11 is 0. The topological polar surface area (TPSA) is 63.4 Å². The molecule has 2 N–H and O–H groups in total. The average molecular weight is 304 g/mol. The smallest absolute Gasteiger partial charge is 0.223 e. The number of ketones is 1. The molecule has 1 aromatic rings. The Labute approximate surface area is 133 Å². The third kappa shape index (κ3) is 7.93. The standard InChI is InChI=1S/C18H28N2O2/c1-16(21)15-20(14-8-3-2-7-13-19)18(22)12-11-17-9-5-4-6-10-17/h4-6,9-10H,2-3,7-8,11-15,19H2,1H3. The van der Waals surface area contributed by atoms with Gasteiger partial charge in [0.25, 0.3) is 0 Å². The fourth-order valence-corrected chi connectivity index (χ4v) is 2.42. The summed E-state index contributed by atoms with van der Waals surface area (Å²) in [4.78, 5) is 25.4. The Bertz CT molecular complexity index is 446. The number of hydrogen-bond donors (Lipinski definition) is 1. The molecule has 1 aromatic carbocycles. The quantitative estimate of drug-likeness (QED) is 0.639. The molecule has 0 saturated carbocycles. The molecule has 0 unspecified atom stereocenters. The summed E-state index contributed by atoms with van der Waals surface area (Å²) in [5, 5.41) is 0. The zero-order valence-corrected chi connectivity index (χ0v) is 13.6. The number of Topliss-reactive ketones (excluding diaryl/α,β-unsaturated/α-hetero) is 1. The van der Waals surface area contributed by atoms with Gasteiger partial charge in [0.1, 0.15) is 5.78 Å². The van der Waals surface area contributed by atoms with Gasteiger partial charge in [0.2, 0.25) is 5.91 Å². The minimum absolute atomic E-state index is 0.0371. The van der Waals surface area contributed by atoms with Crippen molar-refractivity contribution in [1.82, 2.24) is 4.90 Å². The van der Waals surface area contributed by atoms with Crippen LogP contribution in [0, 0.1) is 0 Å². The molecule has 0 spiro atoms. The molecule has 0 radical (unpaired) electrons. The third-order valence-electron chi connectivity index (χ3n) is 3.62. The predicted molar refractivity (Wildman–Crippen MR) is 89.5 cm³/mol. The van der Waals surface area contributed by atoms with Gasteiger partial charge < -0.3 is 10.6 Å². The van der Waals surface area contributed by atoms with E-state index in [2.05, 4.69) is 0 Å². The molecule has 0 fully saturated rings. The number of carbonyl (C=O) groups excluding carboxylic acids is 2. The molecule has 0 aromatic heterocycles. The fourth-order valence-electron chi connectivity index (χ4n) is 2.42. The van der Waals surface area contributed by atoms with Crippen LogP contribution < -0.4 is 5.73 Å². The van der Waals surface area contributed by atoms with Crippen LogP contribution in [-0.2, 0) is 16.0 Å². The molecule has 0 aliphatic heterocycles. The van der Waals surface area contributed by atoms with Gasteiger partial charge >= 0.3 is 0 Å². The zero-order valence-electron chi connectivity index (χ0n) is 13.6. The number of aryl methyl sites for hydroxylation is 1. The van der Waals surface area contributed by atoms with Crippen molar-refractivity contribution in [3.63, 3.8) is 0 Å². The zero-order chi connectivity index (χ0) is 16.2. The number of nitrogens with zero attached hydrogens (tertiary/aromatic N) is 1. The molecule has 4 heteroatoms. The van der Waals surface area contributed by atoms with E-state index in [4.69, 9.17) is 5.73 Å². The van der Waals surface area contributed by atoms with E-state index in [1.807, 2.05) is 30.3 Å². The van der Waals surface area contributed by atoms with Crippen molar-refractivity contribution in [1.29, 1.82) is 0 Å². The highest BCUT2D eigenvalue weighted by molar-refractivity contribution is 5.84. The lowest BCUT2D eigenvalue weighted by molar-refractivity contribution is -0.135. The second kappa shape index (κ2) is 11.0. The highest BCUT2D eigenvalue weighted by Crippen LogP contribution is 2.07. The number of unbranched alkanes of at least 4 members (excludes halogenated alkanes) is 3. The van der Waals surface area contributed by atoms with E-state index in [9.17, 15) is 9.59 Å². The first-order valence-electron chi connectivity index (χ1n) is 8.14. The molecule has 4 nitrogen and oxygen atoms in total. The summed E-state index contributed by atoms with van der Waals surface area (Å²) in [6.07, 6.45) is 5.28.